The quantitative estimate of drug-likeness (QED) is 0.831. The van der Waals surface area contributed by atoms with Crippen LogP contribution in [0.4, 0.5) is 0 Å². The van der Waals surface area contributed by atoms with Crippen LogP contribution in [0.15, 0.2) is 18.2 Å². The summed E-state index contributed by atoms with van der Waals surface area (Å²) in [4.78, 5) is 0. The first-order valence-electron chi connectivity index (χ1n) is 6.94. The van der Waals surface area contributed by atoms with E-state index >= 15 is 0 Å². The summed E-state index contributed by atoms with van der Waals surface area (Å²) in [6, 6.07) is 7.01. The molecule has 1 aliphatic carbocycles. The van der Waals surface area contributed by atoms with Crippen LogP contribution in [0.5, 0.6) is 0 Å². The minimum Gasteiger partial charge on any atom is -0.319 e. The van der Waals surface area contributed by atoms with Gasteiger partial charge in [-0.2, -0.15) is 0 Å². The van der Waals surface area contributed by atoms with Gasteiger partial charge in [-0.3, -0.25) is 0 Å². The highest BCUT2D eigenvalue weighted by molar-refractivity contribution is 5.32. The lowest BCUT2D eigenvalue weighted by atomic mass is 9.84. The molecule has 1 aromatic rings. The molecule has 1 saturated carbocycles. The third-order valence-electron chi connectivity index (χ3n) is 4.35. The molecule has 1 nitrogen and oxygen atoms in total. The SMILES string of the molecule is CNCC(c1ccc(C)c(C)c1)C1CCCC1. The summed E-state index contributed by atoms with van der Waals surface area (Å²) < 4.78 is 0. The normalized spacial score (nSPS) is 18.5. The van der Waals surface area contributed by atoms with Gasteiger partial charge < -0.3 is 5.32 Å². The number of likely N-dealkylation sites (N-methyl/N-ethyl adjacent to an activating group) is 1. The topological polar surface area (TPSA) is 12.0 Å². The van der Waals surface area contributed by atoms with Crippen molar-refractivity contribution >= 4 is 0 Å². The monoisotopic (exact) mass is 231 g/mol. The number of rotatable bonds is 4. The first kappa shape index (κ1) is 12.6. The smallest absolute Gasteiger partial charge is 0.00198 e. The van der Waals surface area contributed by atoms with Crippen LogP contribution < -0.4 is 5.32 Å². The summed E-state index contributed by atoms with van der Waals surface area (Å²) in [5.74, 6) is 1.60. The van der Waals surface area contributed by atoms with Gasteiger partial charge in [0, 0.05) is 6.54 Å². The second-order valence-corrected chi connectivity index (χ2v) is 5.55. The molecule has 0 amide bonds. The zero-order valence-corrected chi connectivity index (χ0v) is 11.4. The molecule has 0 spiro atoms. The van der Waals surface area contributed by atoms with E-state index in [4.69, 9.17) is 0 Å². The van der Waals surface area contributed by atoms with Crippen molar-refractivity contribution in [3.05, 3.63) is 34.9 Å². The Morgan fingerprint density at radius 1 is 1.18 bits per heavy atom. The number of aryl methyl sites for hydroxylation is 2. The van der Waals surface area contributed by atoms with E-state index in [-0.39, 0.29) is 0 Å². The molecule has 1 atom stereocenters. The van der Waals surface area contributed by atoms with Crippen molar-refractivity contribution in [1.29, 1.82) is 0 Å². The van der Waals surface area contributed by atoms with Crippen molar-refractivity contribution in [2.75, 3.05) is 13.6 Å². The van der Waals surface area contributed by atoms with E-state index in [2.05, 4.69) is 44.4 Å². The molecule has 1 aliphatic rings. The van der Waals surface area contributed by atoms with E-state index in [1.54, 1.807) is 0 Å². The molecule has 94 valence electrons. The highest BCUT2D eigenvalue weighted by atomic mass is 14.8. The van der Waals surface area contributed by atoms with Crippen LogP contribution in [0.2, 0.25) is 0 Å². The fourth-order valence-electron chi connectivity index (χ4n) is 3.13. The third kappa shape index (κ3) is 2.90. The zero-order valence-electron chi connectivity index (χ0n) is 11.4. The molecular weight excluding hydrogens is 206 g/mol. The zero-order chi connectivity index (χ0) is 12.3. The lowest BCUT2D eigenvalue weighted by Crippen LogP contribution is -2.23. The van der Waals surface area contributed by atoms with Crippen molar-refractivity contribution in [2.45, 2.75) is 45.4 Å². The molecular formula is C16H25N. The molecule has 0 saturated heterocycles. The van der Waals surface area contributed by atoms with E-state index in [1.165, 1.54) is 42.4 Å². The fraction of sp³-hybridized carbons (Fsp3) is 0.625. The molecule has 0 aromatic heterocycles. The molecule has 2 rings (SSSR count). The Bertz CT molecular complexity index is 364. The molecule has 0 radical (unpaired) electrons. The van der Waals surface area contributed by atoms with Gasteiger partial charge in [-0.05, 0) is 62.3 Å². The maximum atomic E-state index is 3.38. The summed E-state index contributed by atoms with van der Waals surface area (Å²) in [5.41, 5.74) is 4.37. The number of hydrogen-bond acceptors (Lipinski definition) is 1. The lowest BCUT2D eigenvalue weighted by molar-refractivity contribution is 0.421. The van der Waals surface area contributed by atoms with E-state index in [0.717, 1.165) is 12.5 Å². The van der Waals surface area contributed by atoms with Crippen LogP contribution in [0.3, 0.4) is 0 Å². The van der Waals surface area contributed by atoms with Crippen molar-refractivity contribution in [1.82, 2.24) is 5.32 Å². The predicted molar refractivity (Wildman–Crippen MR) is 74.5 cm³/mol. The van der Waals surface area contributed by atoms with E-state index in [9.17, 15) is 0 Å². The summed E-state index contributed by atoms with van der Waals surface area (Å²) in [5, 5.41) is 3.38. The van der Waals surface area contributed by atoms with Crippen LogP contribution in [0.25, 0.3) is 0 Å². The second kappa shape index (κ2) is 5.68. The maximum absolute atomic E-state index is 3.38. The molecule has 17 heavy (non-hydrogen) atoms. The van der Waals surface area contributed by atoms with Gasteiger partial charge in [0.25, 0.3) is 0 Å². The van der Waals surface area contributed by atoms with Gasteiger partial charge in [0.15, 0.2) is 0 Å². The summed E-state index contributed by atoms with van der Waals surface area (Å²) >= 11 is 0. The average molecular weight is 231 g/mol. The van der Waals surface area contributed by atoms with Crippen molar-refractivity contribution in [3.63, 3.8) is 0 Å². The van der Waals surface area contributed by atoms with Gasteiger partial charge in [-0.1, -0.05) is 31.0 Å². The van der Waals surface area contributed by atoms with Crippen LogP contribution in [-0.2, 0) is 0 Å². The molecule has 0 aliphatic heterocycles. The van der Waals surface area contributed by atoms with Crippen molar-refractivity contribution in [3.8, 4) is 0 Å². The van der Waals surface area contributed by atoms with Gasteiger partial charge in [-0.25, -0.2) is 0 Å². The first-order valence-corrected chi connectivity index (χ1v) is 6.94. The Labute approximate surface area is 106 Å². The van der Waals surface area contributed by atoms with Gasteiger partial charge in [0.2, 0.25) is 0 Å². The molecule has 0 heterocycles. The van der Waals surface area contributed by atoms with Gasteiger partial charge in [0.05, 0.1) is 0 Å². The molecule has 1 fully saturated rings. The first-order chi connectivity index (χ1) is 8.22. The summed E-state index contributed by atoms with van der Waals surface area (Å²) in [6.45, 7) is 5.54. The van der Waals surface area contributed by atoms with E-state index < -0.39 is 0 Å². The molecule has 1 heteroatoms. The van der Waals surface area contributed by atoms with Crippen molar-refractivity contribution < 1.29 is 0 Å². The van der Waals surface area contributed by atoms with E-state index in [0.29, 0.717) is 5.92 Å². The van der Waals surface area contributed by atoms with Gasteiger partial charge in [0.1, 0.15) is 0 Å². The lowest BCUT2D eigenvalue weighted by Gasteiger charge is -2.24. The average Bonchev–Trinajstić information content (AvgIpc) is 2.83. The van der Waals surface area contributed by atoms with Crippen LogP contribution in [0, 0.1) is 19.8 Å². The van der Waals surface area contributed by atoms with Crippen LogP contribution in [0.1, 0.15) is 48.3 Å². The molecule has 1 aromatic carbocycles. The van der Waals surface area contributed by atoms with Crippen molar-refractivity contribution in [2.24, 2.45) is 5.92 Å². The highest BCUT2D eigenvalue weighted by Gasteiger charge is 2.25. The number of benzene rings is 1. The van der Waals surface area contributed by atoms with Crippen LogP contribution in [-0.4, -0.2) is 13.6 Å². The summed E-state index contributed by atoms with van der Waals surface area (Å²) in [6.07, 6.45) is 5.68. The Morgan fingerprint density at radius 2 is 1.88 bits per heavy atom. The Balaban J connectivity index is 2.21. The fourth-order valence-corrected chi connectivity index (χ4v) is 3.13. The largest absolute Gasteiger partial charge is 0.319 e. The Kier molecular flexibility index (Phi) is 4.22. The minimum atomic E-state index is 0.710. The molecule has 0 bridgehead atoms. The molecule has 1 unspecified atom stereocenters. The predicted octanol–water partition coefficient (Wildman–Crippen LogP) is 3.80. The standard InChI is InChI=1S/C16H25N/c1-12-8-9-15(10-13(12)2)16(11-17-3)14-6-4-5-7-14/h8-10,14,16-17H,4-7,11H2,1-3H3. The summed E-state index contributed by atoms with van der Waals surface area (Å²) in [7, 11) is 2.07. The second-order valence-electron chi connectivity index (χ2n) is 5.55. The Hall–Kier alpha value is -0.820. The minimum absolute atomic E-state index is 0.710. The number of hydrogen-bond donors (Lipinski definition) is 1. The van der Waals surface area contributed by atoms with Gasteiger partial charge >= 0.3 is 0 Å². The van der Waals surface area contributed by atoms with Gasteiger partial charge in [-0.15, -0.1) is 0 Å². The number of nitrogens with one attached hydrogen (secondary N) is 1. The van der Waals surface area contributed by atoms with Crippen LogP contribution >= 0.6 is 0 Å². The molecule has 1 N–H and O–H groups in total. The highest BCUT2D eigenvalue weighted by Crippen LogP contribution is 2.37. The third-order valence-corrected chi connectivity index (χ3v) is 4.35. The van der Waals surface area contributed by atoms with E-state index in [1.807, 2.05) is 0 Å². The Morgan fingerprint density at radius 3 is 2.47 bits per heavy atom. The maximum Gasteiger partial charge on any atom is 0.00198 e.